The first-order chi connectivity index (χ1) is 13.0. The molecule has 1 N–H and O–H groups in total. The van der Waals surface area contributed by atoms with Gasteiger partial charge < -0.3 is 10.2 Å². The molecule has 2 amide bonds. The molecule has 144 valence electrons. The van der Waals surface area contributed by atoms with Gasteiger partial charge in [0.25, 0.3) is 0 Å². The summed E-state index contributed by atoms with van der Waals surface area (Å²) in [5, 5.41) is 3.01. The third-order valence-electron chi connectivity index (χ3n) is 4.45. The number of carbonyl (C=O) groups excluding carboxylic acids is 2. The molecule has 0 saturated heterocycles. The van der Waals surface area contributed by atoms with E-state index < -0.39 is 6.04 Å². The summed E-state index contributed by atoms with van der Waals surface area (Å²) in [6.45, 7) is 6.99. The molecule has 0 fully saturated rings. The van der Waals surface area contributed by atoms with Gasteiger partial charge in [0, 0.05) is 25.9 Å². The Balaban J connectivity index is 2.29. The van der Waals surface area contributed by atoms with Gasteiger partial charge in [-0.25, -0.2) is 0 Å². The van der Waals surface area contributed by atoms with Crippen LogP contribution in [0, 0.1) is 5.92 Å². The van der Waals surface area contributed by atoms with Crippen molar-refractivity contribution in [1.29, 1.82) is 0 Å². The average molecular weight is 367 g/mol. The molecule has 4 heteroatoms. The lowest BCUT2D eigenvalue weighted by molar-refractivity contribution is -0.141. The predicted molar refractivity (Wildman–Crippen MR) is 109 cm³/mol. The van der Waals surface area contributed by atoms with E-state index in [1.165, 1.54) is 0 Å². The number of nitrogens with zero attached hydrogens (tertiary/aromatic N) is 1. The van der Waals surface area contributed by atoms with E-state index in [1.807, 2.05) is 67.6 Å². The molecular weight excluding hydrogens is 336 g/mol. The van der Waals surface area contributed by atoms with Crippen LogP contribution >= 0.6 is 0 Å². The van der Waals surface area contributed by atoms with Gasteiger partial charge in [-0.3, -0.25) is 9.59 Å². The van der Waals surface area contributed by atoms with Gasteiger partial charge >= 0.3 is 0 Å². The van der Waals surface area contributed by atoms with Crippen LogP contribution in [-0.2, 0) is 22.6 Å². The van der Waals surface area contributed by atoms with Crippen molar-refractivity contribution in [3.05, 3.63) is 71.8 Å². The molecule has 2 aromatic rings. The third-order valence-corrected chi connectivity index (χ3v) is 4.45. The van der Waals surface area contributed by atoms with Gasteiger partial charge in [0.1, 0.15) is 6.04 Å². The molecular formula is C23H30N2O2. The van der Waals surface area contributed by atoms with Gasteiger partial charge in [-0.2, -0.15) is 0 Å². The molecule has 0 radical (unpaired) electrons. The fraction of sp³-hybridized carbons (Fsp3) is 0.391. The Morgan fingerprint density at radius 3 is 2.00 bits per heavy atom. The highest BCUT2D eigenvalue weighted by atomic mass is 16.2. The Labute approximate surface area is 162 Å². The van der Waals surface area contributed by atoms with Crippen molar-refractivity contribution in [3.63, 3.8) is 0 Å². The zero-order valence-electron chi connectivity index (χ0n) is 16.5. The van der Waals surface area contributed by atoms with Crippen LogP contribution in [0.3, 0.4) is 0 Å². The smallest absolute Gasteiger partial charge is 0.243 e. The Kier molecular flexibility index (Phi) is 8.05. The minimum atomic E-state index is -0.529. The molecule has 1 atom stereocenters. The van der Waals surface area contributed by atoms with E-state index in [2.05, 4.69) is 19.2 Å². The van der Waals surface area contributed by atoms with Crippen LogP contribution in [0.4, 0.5) is 0 Å². The predicted octanol–water partition coefficient (Wildman–Crippen LogP) is 3.81. The Morgan fingerprint density at radius 2 is 1.48 bits per heavy atom. The summed E-state index contributed by atoms with van der Waals surface area (Å²) in [7, 11) is 0. The summed E-state index contributed by atoms with van der Waals surface area (Å²) in [4.78, 5) is 27.5. The second-order valence-electron chi connectivity index (χ2n) is 7.21. The zero-order valence-corrected chi connectivity index (χ0v) is 16.5. The van der Waals surface area contributed by atoms with Gasteiger partial charge in [-0.1, -0.05) is 81.4 Å². The largest absolute Gasteiger partial charge is 0.354 e. The van der Waals surface area contributed by atoms with Crippen LogP contribution in [0.1, 0.15) is 38.3 Å². The van der Waals surface area contributed by atoms with E-state index in [1.54, 1.807) is 4.90 Å². The van der Waals surface area contributed by atoms with Gasteiger partial charge in [0.15, 0.2) is 0 Å². The molecule has 0 aliphatic heterocycles. The lowest BCUT2D eigenvalue weighted by atomic mass is 10.0. The second-order valence-corrected chi connectivity index (χ2v) is 7.21. The van der Waals surface area contributed by atoms with Crippen LogP contribution in [0.25, 0.3) is 0 Å². The van der Waals surface area contributed by atoms with E-state index in [0.29, 0.717) is 31.8 Å². The Hall–Kier alpha value is -2.62. The lowest BCUT2D eigenvalue weighted by Gasteiger charge is -2.31. The minimum absolute atomic E-state index is 0.0144. The summed E-state index contributed by atoms with van der Waals surface area (Å²) in [6, 6.07) is 19.2. The first-order valence-electron chi connectivity index (χ1n) is 9.66. The van der Waals surface area contributed by atoms with Crippen molar-refractivity contribution in [1.82, 2.24) is 10.2 Å². The fourth-order valence-electron chi connectivity index (χ4n) is 2.96. The number of benzene rings is 2. The van der Waals surface area contributed by atoms with Crippen molar-refractivity contribution in [3.8, 4) is 0 Å². The number of nitrogens with one attached hydrogen (secondary N) is 1. The van der Waals surface area contributed by atoms with Gasteiger partial charge in [0.05, 0.1) is 0 Å². The first-order valence-corrected chi connectivity index (χ1v) is 9.66. The van der Waals surface area contributed by atoms with Crippen LogP contribution < -0.4 is 5.32 Å². The number of carbonyl (C=O) groups is 2. The van der Waals surface area contributed by atoms with Crippen molar-refractivity contribution < 1.29 is 9.59 Å². The maximum absolute atomic E-state index is 13.0. The number of hydrogen-bond donors (Lipinski definition) is 1. The van der Waals surface area contributed by atoms with E-state index in [-0.39, 0.29) is 11.8 Å². The van der Waals surface area contributed by atoms with Crippen molar-refractivity contribution in [2.24, 2.45) is 5.92 Å². The van der Waals surface area contributed by atoms with Gasteiger partial charge in [-0.05, 0) is 17.0 Å². The minimum Gasteiger partial charge on any atom is -0.354 e. The molecule has 4 nitrogen and oxygen atoms in total. The zero-order chi connectivity index (χ0) is 19.6. The average Bonchev–Trinajstić information content (AvgIpc) is 2.69. The summed E-state index contributed by atoms with van der Waals surface area (Å²) in [6.07, 6.45) is 0.874. The van der Waals surface area contributed by atoms with E-state index in [0.717, 1.165) is 11.1 Å². The highest BCUT2D eigenvalue weighted by Gasteiger charge is 2.29. The van der Waals surface area contributed by atoms with Crippen molar-refractivity contribution >= 4 is 11.8 Å². The maximum Gasteiger partial charge on any atom is 0.243 e. The molecule has 27 heavy (non-hydrogen) atoms. The third kappa shape index (κ3) is 6.55. The van der Waals surface area contributed by atoms with Crippen LogP contribution in [-0.4, -0.2) is 29.3 Å². The molecule has 0 saturated carbocycles. The standard InChI is InChI=1S/C23H30N2O2/c1-4-22(26)25(17-20-13-9-6-10-14-20)21(23(27)24-16-18(2)3)15-19-11-7-5-8-12-19/h5-14,18,21H,4,15-17H2,1-3H3,(H,24,27). The van der Waals surface area contributed by atoms with Crippen LogP contribution in [0.15, 0.2) is 60.7 Å². The monoisotopic (exact) mass is 366 g/mol. The maximum atomic E-state index is 13.0. The molecule has 0 spiro atoms. The van der Waals surface area contributed by atoms with Crippen LogP contribution in [0.2, 0.25) is 0 Å². The Morgan fingerprint density at radius 1 is 0.926 bits per heavy atom. The lowest BCUT2D eigenvalue weighted by Crippen LogP contribution is -2.50. The Bertz CT molecular complexity index is 714. The molecule has 0 bridgehead atoms. The van der Waals surface area contributed by atoms with E-state index in [4.69, 9.17) is 0 Å². The number of hydrogen-bond acceptors (Lipinski definition) is 2. The molecule has 0 aliphatic rings. The highest BCUT2D eigenvalue weighted by molar-refractivity contribution is 5.87. The van der Waals surface area contributed by atoms with Crippen molar-refractivity contribution in [2.45, 2.75) is 46.2 Å². The number of rotatable bonds is 9. The van der Waals surface area contributed by atoms with Gasteiger partial charge in [0.2, 0.25) is 11.8 Å². The van der Waals surface area contributed by atoms with Crippen LogP contribution in [0.5, 0.6) is 0 Å². The molecule has 2 rings (SSSR count). The molecule has 2 aromatic carbocycles. The molecule has 0 aliphatic carbocycles. The van der Waals surface area contributed by atoms with Gasteiger partial charge in [-0.15, -0.1) is 0 Å². The summed E-state index contributed by atoms with van der Waals surface area (Å²) in [5.41, 5.74) is 2.07. The SMILES string of the molecule is CCC(=O)N(Cc1ccccc1)C(Cc1ccccc1)C(=O)NCC(C)C. The summed E-state index contributed by atoms with van der Waals surface area (Å²) >= 11 is 0. The molecule has 0 aromatic heterocycles. The summed E-state index contributed by atoms with van der Waals surface area (Å²) in [5.74, 6) is 0.251. The van der Waals surface area contributed by atoms with E-state index >= 15 is 0 Å². The fourth-order valence-corrected chi connectivity index (χ4v) is 2.96. The summed E-state index contributed by atoms with van der Waals surface area (Å²) < 4.78 is 0. The molecule has 1 unspecified atom stereocenters. The second kappa shape index (κ2) is 10.5. The normalized spacial score (nSPS) is 11.9. The van der Waals surface area contributed by atoms with Crippen molar-refractivity contribution in [2.75, 3.05) is 6.54 Å². The quantitative estimate of drug-likeness (QED) is 0.734. The van der Waals surface area contributed by atoms with E-state index in [9.17, 15) is 9.59 Å². The highest BCUT2D eigenvalue weighted by Crippen LogP contribution is 2.15. The first kappa shape index (κ1) is 20.7. The molecule has 0 heterocycles. The number of amides is 2. The topological polar surface area (TPSA) is 49.4 Å².